The van der Waals surface area contributed by atoms with E-state index in [1.807, 2.05) is 6.92 Å². The molecular weight excluding hydrogens is 300 g/mol. The van der Waals surface area contributed by atoms with Crippen LogP contribution in [0.15, 0.2) is 28.1 Å². The van der Waals surface area contributed by atoms with Crippen molar-refractivity contribution >= 4 is 11.8 Å². The summed E-state index contributed by atoms with van der Waals surface area (Å²) in [6.07, 6.45) is 0.736. The molecule has 0 saturated heterocycles. The normalized spacial score (nSPS) is 17.0. The Labute approximate surface area is 133 Å². The summed E-state index contributed by atoms with van der Waals surface area (Å²) in [6.45, 7) is 7.13. The number of ether oxygens (including phenoxy) is 2. The van der Waals surface area contributed by atoms with Gasteiger partial charge < -0.3 is 24.5 Å². The zero-order valence-corrected chi connectivity index (χ0v) is 13.0. The molecule has 7 heteroatoms. The summed E-state index contributed by atoms with van der Waals surface area (Å²) in [5.41, 5.74) is 0.428. The maximum atomic E-state index is 12.2. The van der Waals surface area contributed by atoms with Gasteiger partial charge in [0.15, 0.2) is 6.10 Å². The van der Waals surface area contributed by atoms with Crippen LogP contribution in [0.3, 0.4) is 0 Å². The number of carbonyl (C=O) groups is 1. The van der Waals surface area contributed by atoms with Gasteiger partial charge in [-0.2, -0.15) is 0 Å². The highest BCUT2D eigenvalue weighted by atomic mass is 16.5. The van der Waals surface area contributed by atoms with Crippen molar-refractivity contribution in [2.24, 2.45) is 0 Å². The lowest BCUT2D eigenvalue weighted by Crippen LogP contribution is -2.47. The SMILES string of the molecule is C=COC(C)C#CCOC1NC(=O)c2c(CC)cc(=O)oc2N1. The second-order valence-corrected chi connectivity index (χ2v) is 4.72. The van der Waals surface area contributed by atoms with Gasteiger partial charge in [-0.25, -0.2) is 4.79 Å². The zero-order valence-electron chi connectivity index (χ0n) is 13.0. The standard InChI is InChI=1S/C16H18N2O5/c1-4-11-9-12(19)23-15-13(11)14(20)17-16(18-15)22-8-6-7-10(3)21-5-2/h5,9-10,16,18H,2,4,8H2,1,3H3,(H,17,20). The van der Waals surface area contributed by atoms with E-state index in [0.717, 1.165) is 0 Å². The topological polar surface area (TPSA) is 89.8 Å². The minimum Gasteiger partial charge on any atom is -0.486 e. The van der Waals surface area contributed by atoms with Gasteiger partial charge in [0, 0.05) is 6.07 Å². The molecule has 1 aliphatic heterocycles. The maximum absolute atomic E-state index is 12.2. The van der Waals surface area contributed by atoms with E-state index in [4.69, 9.17) is 13.9 Å². The maximum Gasteiger partial charge on any atom is 0.337 e. The van der Waals surface area contributed by atoms with Crippen LogP contribution in [0.1, 0.15) is 29.8 Å². The second-order valence-electron chi connectivity index (χ2n) is 4.72. The summed E-state index contributed by atoms with van der Waals surface area (Å²) in [5, 5.41) is 5.45. The van der Waals surface area contributed by atoms with Gasteiger partial charge >= 0.3 is 5.63 Å². The molecule has 2 N–H and O–H groups in total. The summed E-state index contributed by atoms with van der Waals surface area (Å²) < 4.78 is 15.5. The highest BCUT2D eigenvalue weighted by molar-refractivity contribution is 6.01. The number of rotatable bonds is 5. The number of hydrogen-bond acceptors (Lipinski definition) is 6. The van der Waals surface area contributed by atoms with Crippen molar-refractivity contribution in [3.63, 3.8) is 0 Å². The molecular formula is C16H18N2O5. The Hall–Kier alpha value is -2.72. The lowest BCUT2D eigenvalue weighted by atomic mass is 10.1. The highest BCUT2D eigenvalue weighted by Crippen LogP contribution is 2.22. The summed E-state index contributed by atoms with van der Waals surface area (Å²) in [5.74, 6) is 5.31. The van der Waals surface area contributed by atoms with Gasteiger partial charge in [0.2, 0.25) is 12.2 Å². The number of fused-ring (bicyclic) bond motifs is 1. The number of carbonyl (C=O) groups excluding carboxylic acids is 1. The largest absolute Gasteiger partial charge is 0.486 e. The van der Waals surface area contributed by atoms with E-state index in [1.165, 1.54) is 12.3 Å². The molecule has 0 radical (unpaired) electrons. The molecule has 1 amide bonds. The first-order valence-electron chi connectivity index (χ1n) is 7.16. The zero-order chi connectivity index (χ0) is 16.8. The Morgan fingerprint density at radius 2 is 2.26 bits per heavy atom. The van der Waals surface area contributed by atoms with Gasteiger partial charge in [-0.3, -0.25) is 4.79 Å². The molecule has 0 saturated carbocycles. The summed E-state index contributed by atoms with van der Waals surface area (Å²) in [6, 6.07) is 1.31. The van der Waals surface area contributed by atoms with Gasteiger partial charge in [-0.1, -0.05) is 25.3 Å². The summed E-state index contributed by atoms with van der Waals surface area (Å²) in [7, 11) is 0. The van der Waals surface area contributed by atoms with Crippen LogP contribution in [-0.4, -0.2) is 25.0 Å². The van der Waals surface area contributed by atoms with E-state index in [9.17, 15) is 9.59 Å². The van der Waals surface area contributed by atoms with E-state index in [2.05, 4.69) is 29.1 Å². The van der Waals surface area contributed by atoms with Gasteiger partial charge in [0.25, 0.3) is 5.91 Å². The first kappa shape index (κ1) is 16.6. The van der Waals surface area contributed by atoms with Crippen molar-refractivity contribution < 1.29 is 18.7 Å². The lowest BCUT2D eigenvalue weighted by molar-refractivity contribution is 0.0534. The minimum atomic E-state index is -0.824. The molecule has 2 rings (SSSR count). The molecule has 0 aromatic carbocycles. The summed E-state index contributed by atoms with van der Waals surface area (Å²) in [4.78, 5) is 23.7. The van der Waals surface area contributed by atoms with Crippen LogP contribution in [0.2, 0.25) is 0 Å². The van der Waals surface area contributed by atoms with Crippen LogP contribution in [0.4, 0.5) is 5.88 Å². The fraction of sp³-hybridized carbons (Fsp3) is 0.375. The molecule has 7 nitrogen and oxygen atoms in total. The van der Waals surface area contributed by atoms with Gasteiger partial charge in [0.05, 0.1) is 6.26 Å². The molecule has 0 fully saturated rings. The predicted molar refractivity (Wildman–Crippen MR) is 83.7 cm³/mol. The fourth-order valence-corrected chi connectivity index (χ4v) is 2.09. The molecule has 0 spiro atoms. The van der Waals surface area contributed by atoms with Crippen LogP contribution >= 0.6 is 0 Å². The minimum absolute atomic E-state index is 0.0653. The van der Waals surface area contributed by atoms with Crippen molar-refractivity contribution in [1.82, 2.24) is 5.32 Å². The van der Waals surface area contributed by atoms with Gasteiger partial charge in [-0.15, -0.1) is 0 Å². The molecule has 2 heterocycles. The average molecular weight is 318 g/mol. The van der Waals surface area contributed by atoms with E-state index < -0.39 is 12.0 Å². The van der Waals surface area contributed by atoms with Crippen LogP contribution in [-0.2, 0) is 15.9 Å². The first-order chi connectivity index (χ1) is 11.0. The van der Waals surface area contributed by atoms with Gasteiger partial charge in [-0.05, 0) is 18.9 Å². The second kappa shape index (κ2) is 7.51. The molecule has 2 unspecified atom stereocenters. The van der Waals surface area contributed by atoms with Gasteiger partial charge in [0.1, 0.15) is 12.2 Å². The molecule has 1 aromatic rings. The van der Waals surface area contributed by atoms with Crippen LogP contribution in [0.5, 0.6) is 0 Å². The number of amides is 1. The quantitative estimate of drug-likeness (QED) is 0.626. The Morgan fingerprint density at radius 3 is 2.96 bits per heavy atom. The molecule has 1 aliphatic rings. The van der Waals surface area contributed by atoms with E-state index in [-0.39, 0.29) is 24.5 Å². The van der Waals surface area contributed by atoms with Crippen molar-refractivity contribution in [2.45, 2.75) is 32.7 Å². The Balaban J connectivity index is 2.04. The van der Waals surface area contributed by atoms with Crippen molar-refractivity contribution in [3.05, 3.63) is 40.5 Å². The smallest absolute Gasteiger partial charge is 0.337 e. The third kappa shape index (κ3) is 4.14. The highest BCUT2D eigenvalue weighted by Gasteiger charge is 2.28. The predicted octanol–water partition coefficient (Wildman–Crippen LogP) is 1.21. The molecule has 122 valence electrons. The third-order valence-electron chi connectivity index (χ3n) is 3.10. The number of aryl methyl sites for hydroxylation is 1. The molecule has 2 atom stereocenters. The Bertz CT molecular complexity index is 713. The number of nitrogens with one attached hydrogen (secondary N) is 2. The monoisotopic (exact) mass is 318 g/mol. The Kier molecular flexibility index (Phi) is 5.44. The lowest BCUT2D eigenvalue weighted by Gasteiger charge is -2.26. The summed E-state index contributed by atoms with van der Waals surface area (Å²) >= 11 is 0. The van der Waals surface area contributed by atoms with E-state index in [1.54, 1.807) is 6.92 Å². The van der Waals surface area contributed by atoms with Crippen molar-refractivity contribution in [3.8, 4) is 11.8 Å². The van der Waals surface area contributed by atoms with E-state index in [0.29, 0.717) is 17.5 Å². The molecule has 23 heavy (non-hydrogen) atoms. The van der Waals surface area contributed by atoms with Crippen LogP contribution in [0.25, 0.3) is 0 Å². The van der Waals surface area contributed by atoms with Crippen molar-refractivity contribution in [2.75, 3.05) is 11.9 Å². The number of hydrogen-bond donors (Lipinski definition) is 2. The fourth-order valence-electron chi connectivity index (χ4n) is 2.09. The van der Waals surface area contributed by atoms with Crippen LogP contribution < -0.4 is 16.3 Å². The first-order valence-corrected chi connectivity index (χ1v) is 7.16. The molecule has 0 aliphatic carbocycles. The average Bonchev–Trinajstić information content (AvgIpc) is 2.50. The third-order valence-corrected chi connectivity index (χ3v) is 3.10. The van der Waals surface area contributed by atoms with E-state index >= 15 is 0 Å². The van der Waals surface area contributed by atoms with Crippen molar-refractivity contribution in [1.29, 1.82) is 0 Å². The molecule has 0 bridgehead atoms. The number of anilines is 1. The molecule has 1 aromatic heterocycles. The van der Waals surface area contributed by atoms with Crippen LogP contribution in [0, 0.1) is 11.8 Å². The Morgan fingerprint density at radius 1 is 1.48 bits per heavy atom.